The number of thiophene rings is 1. The molecule has 2 bridgehead atoms. The molecule has 2 fully saturated rings. The third kappa shape index (κ3) is 2.91. The van der Waals surface area contributed by atoms with Gasteiger partial charge in [0.1, 0.15) is 0 Å². The fourth-order valence-corrected chi connectivity index (χ4v) is 4.36. The second kappa shape index (κ2) is 6.41. The van der Waals surface area contributed by atoms with Gasteiger partial charge < -0.3 is 10.6 Å². The molecule has 2 aliphatic rings. The van der Waals surface area contributed by atoms with Gasteiger partial charge in [-0.1, -0.05) is 30.3 Å². The largest absolute Gasteiger partial charge is 0.347 e. The van der Waals surface area contributed by atoms with Crippen LogP contribution in [0.5, 0.6) is 0 Å². The van der Waals surface area contributed by atoms with Crippen molar-refractivity contribution < 1.29 is 4.79 Å². The van der Waals surface area contributed by atoms with Crippen molar-refractivity contribution in [3.8, 4) is 10.4 Å². The van der Waals surface area contributed by atoms with Crippen molar-refractivity contribution >= 4 is 29.7 Å². The number of carbonyl (C=O) groups excluding carboxylic acids is 1. The predicted octanol–water partition coefficient (Wildman–Crippen LogP) is 3.46. The summed E-state index contributed by atoms with van der Waals surface area (Å²) in [5, 5.41) is 6.75. The van der Waals surface area contributed by atoms with Crippen molar-refractivity contribution in [2.24, 2.45) is 0 Å². The van der Waals surface area contributed by atoms with E-state index in [2.05, 4.69) is 22.8 Å². The van der Waals surface area contributed by atoms with Crippen LogP contribution in [0.25, 0.3) is 10.4 Å². The van der Waals surface area contributed by atoms with Crippen molar-refractivity contribution in [3.05, 3.63) is 47.3 Å². The third-order valence-corrected chi connectivity index (χ3v) is 5.64. The van der Waals surface area contributed by atoms with Gasteiger partial charge in [-0.15, -0.1) is 23.7 Å². The van der Waals surface area contributed by atoms with E-state index in [1.165, 1.54) is 18.4 Å². The molecule has 2 saturated heterocycles. The smallest absolute Gasteiger partial charge is 0.261 e. The standard InChI is InChI=1S/C17H18N2OS.ClH/c20-17(19-14-10-12-6-7-13(14)18-12)16-9-8-15(21-16)11-4-2-1-3-5-11;/h1-5,8-9,12-14,18H,6-7,10H2,(H,19,20);1H/t12?,13?,14-;/m1./s1. The number of nitrogens with one attached hydrogen (secondary N) is 2. The maximum absolute atomic E-state index is 12.4. The van der Waals surface area contributed by atoms with Gasteiger partial charge >= 0.3 is 0 Å². The van der Waals surface area contributed by atoms with Crippen molar-refractivity contribution in [2.45, 2.75) is 37.4 Å². The SMILES string of the molecule is Cl.O=C(N[C@@H]1CC2CCC1N2)c1ccc(-c2ccccc2)s1. The van der Waals surface area contributed by atoms with Gasteiger partial charge in [0, 0.05) is 23.0 Å². The van der Waals surface area contributed by atoms with Gasteiger partial charge in [0.25, 0.3) is 5.91 Å². The Kier molecular flexibility index (Phi) is 4.52. The first-order valence-corrected chi connectivity index (χ1v) is 8.33. The Balaban J connectivity index is 0.00000144. The van der Waals surface area contributed by atoms with E-state index in [1.807, 2.05) is 30.3 Å². The van der Waals surface area contributed by atoms with Gasteiger partial charge in [-0.05, 0) is 37.0 Å². The van der Waals surface area contributed by atoms with Crippen LogP contribution in [0.15, 0.2) is 42.5 Å². The fourth-order valence-electron chi connectivity index (χ4n) is 3.44. The Hall–Kier alpha value is -1.36. The number of rotatable bonds is 3. The van der Waals surface area contributed by atoms with E-state index in [9.17, 15) is 4.79 Å². The molecule has 2 aromatic rings. The lowest BCUT2D eigenvalue weighted by atomic mass is 9.95. The maximum Gasteiger partial charge on any atom is 0.261 e. The van der Waals surface area contributed by atoms with Crippen LogP contribution in [-0.2, 0) is 0 Å². The summed E-state index contributed by atoms with van der Waals surface area (Å²) in [5.41, 5.74) is 1.17. The first-order valence-electron chi connectivity index (χ1n) is 7.52. The van der Waals surface area contributed by atoms with Gasteiger partial charge in [-0.3, -0.25) is 4.79 Å². The summed E-state index contributed by atoms with van der Waals surface area (Å²) in [4.78, 5) is 14.3. The molecular weight excluding hydrogens is 316 g/mol. The minimum atomic E-state index is 0. The normalized spacial score (nSPS) is 25.7. The zero-order valence-corrected chi connectivity index (χ0v) is 13.8. The quantitative estimate of drug-likeness (QED) is 0.902. The number of halogens is 1. The first-order chi connectivity index (χ1) is 10.3. The molecule has 1 aromatic heterocycles. The van der Waals surface area contributed by atoms with Gasteiger partial charge in [0.05, 0.1) is 4.88 Å². The minimum absolute atomic E-state index is 0. The number of hydrogen-bond acceptors (Lipinski definition) is 3. The highest BCUT2D eigenvalue weighted by molar-refractivity contribution is 7.17. The van der Waals surface area contributed by atoms with E-state index in [0.29, 0.717) is 18.1 Å². The van der Waals surface area contributed by atoms with Crippen molar-refractivity contribution in [1.29, 1.82) is 0 Å². The summed E-state index contributed by atoms with van der Waals surface area (Å²) in [6.07, 6.45) is 3.52. The molecule has 5 heteroatoms. The topological polar surface area (TPSA) is 41.1 Å². The van der Waals surface area contributed by atoms with Crippen LogP contribution in [0.1, 0.15) is 28.9 Å². The van der Waals surface area contributed by atoms with Crippen LogP contribution in [0, 0.1) is 0 Å². The lowest BCUT2D eigenvalue weighted by molar-refractivity contribution is 0.0935. The van der Waals surface area contributed by atoms with Gasteiger partial charge in [0.15, 0.2) is 0 Å². The van der Waals surface area contributed by atoms with E-state index in [0.717, 1.165) is 16.2 Å². The highest BCUT2D eigenvalue weighted by Gasteiger charge is 2.39. The summed E-state index contributed by atoms with van der Waals surface area (Å²) in [7, 11) is 0. The van der Waals surface area contributed by atoms with E-state index in [4.69, 9.17) is 0 Å². The Labute approximate surface area is 140 Å². The van der Waals surface area contributed by atoms with Crippen LogP contribution in [0.2, 0.25) is 0 Å². The molecule has 2 unspecified atom stereocenters. The molecule has 3 atom stereocenters. The minimum Gasteiger partial charge on any atom is -0.347 e. The molecular formula is C17H19ClN2OS. The Morgan fingerprint density at radius 2 is 1.95 bits per heavy atom. The van der Waals surface area contributed by atoms with Crippen molar-refractivity contribution in [2.75, 3.05) is 0 Å². The van der Waals surface area contributed by atoms with E-state index >= 15 is 0 Å². The highest BCUT2D eigenvalue weighted by Crippen LogP contribution is 2.30. The van der Waals surface area contributed by atoms with Crippen molar-refractivity contribution in [3.63, 3.8) is 0 Å². The zero-order chi connectivity index (χ0) is 14.2. The molecule has 0 radical (unpaired) electrons. The Morgan fingerprint density at radius 1 is 1.14 bits per heavy atom. The molecule has 116 valence electrons. The number of fused-ring (bicyclic) bond motifs is 2. The summed E-state index contributed by atoms with van der Waals surface area (Å²) in [6.45, 7) is 0. The Bertz CT molecular complexity index is 658. The van der Waals surface area contributed by atoms with E-state index in [1.54, 1.807) is 11.3 Å². The van der Waals surface area contributed by atoms with Crippen LogP contribution >= 0.6 is 23.7 Å². The van der Waals surface area contributed by atoms with Gasteiger partial charge in [-0.2, -0.15) is 0 Å². The molecule has 2 N–H and O–H groups in total. The summed E-state index contributed by atoms with van der Waals surface area (Å²) in [6, 6.07) is 15.6. The lowest BCUT2D eigenvalue weighted by Crippen LogP contribution is -2.42. The highest BCUT2D eigenvalue weighted by atomic mass is 35.5. The van der Waals surface area contributed by atoms with Crippen LogP contribution in [0.3, 0.4) is 0 Å². The van der Waals surface area contributed by atoms with Gasteiger partial charge in [0.2, 0.25) is 0 Å². The molecule has 3 heterocycles. The zero-order valence-electron chi connectivity index (χ0n) is 12.1. The second-order valence-corrected chi connectivity index (χ2v) is 6.98. The van der Waals surface area contributed by atoms with Gasteiger partial charge in [-0.25, -0.2) is 0 Å². The molecule has 2 aliphatic heterocycles. The fraction of sp³-hybridized carbons (Fsp3) is 0.353. The van der Waals surface area contributed by atoms with E-state index < -0.39 is 0 Å². The average Bonchev–Trinajstić information content (AvgIpc) is 3.24. The number of carbonyl (C=O) groups is 1. The summed E-state index contributed by atoms with van der Waals surface area (Å²) < 4.78 is 0. The molecule has 1 amide bonds. The lowest BCUT2D eigenvalue weighted by Gasteiger charge is -2.20. The van der Waals surface area contributed by atoms with Crippen molar-refractivity contribution in [1.82, 2.24) is 10.6 Å². The van der Waals surface area contributed by atoms with Crippen LogP contribution < -0.4 is 10.6 Å². The summed E-state index contributed by atoms with van der Waals surface area (Å²) >= 11 is 1.57. The number of hydrogen-bond donors (Lipinski definition) is 2. The molecule has 22 heavy (non-hydrogen) atoms. The number of amides is 1. The molecule has 4 rings (SSSR count). The molecule has 0 spiro atoms. The predicted molar refractivity (Wildman–Crippen MR) is 92.8 cm³/mol. The molecule has 0 aliphatic carbocycles. The molecule has 3 nitrogen and oxygen atoms in total. The maximum atomic E-state index is 12.4. The third-order valence-electron chi connectivity index (χ3n) is 4.50. The average molecular weight is 335 g/mol. The van der Waals surface area contributed by atoms with Crippen LogP contribution in [-0.4, -0.2) is 24.0 Å². The molecule has 0 saturated carbocycles. The Morgan fingerprint density at radius 3 is 2.64 bits per heavy atom. The second-order valence-electron chi connectivity index (χ2n) is 5.89. The number of benzene rings is 1. The summed E-state index contributed by atoms with van der Waals surface area (Å²) in [5.74, 6) is 0.0709. The monoisotopic (exact) mass is 334 g/mol. The first kappa shape index (κ1) is 15.5. The van der Waals surface area contributed by atoms with Crippen LogP contribution in [0.4, 0.5) is 0 Å². The molecule has 1 aromatic carbocycles. The van der Waals surface area contributed by atoms with E-state index in [-0.39, 0.29) is 18.3 Å².